The molecule has 1 fully saturated rings. The summed E-state index contributed by atoms with van der Waals surface area (Å²) in [6.45, 7) is 3.97. The second kappa shape index (κ2) is 7.64. The first-order valence-electron chi connectivity index (χ1n) is 9.60. The lowest BCUT2D eigenvalue weighted by Gasteiger charge is -2.24. The number of aliphatic hydroxyl groups is 1. The molecule has 1 saturated heterocycles. The Hall–Kier alpha value is -2.24. The molecule has 4 rings (SSSR count). The van der Waals surface area contributed by atoms with E-state index in [2.05, 4.69) is 0 Å². The van der Waals surface area contributed by atoms with Crippen molar-refractivity contribution in [3.05, 3.63) is 58.1 Å². The Labute approximate surface area is 169 Å². The van der Waals surface area contributed by atoms with Crippen LogP contribution in [-0.4, -0.2) is 42.2 Å². The largest absolute Gasteiger partial charge is 0.489 e. The summed E-state index contributed by atoms with van der Waals surface area (Å²) in [5, 5.41) is 11.5. The van der Waals surface area contributed by atoms with Gasteiger partial charge in [-0.25, -0.2) is 0 Å². The molecule has 1 amide bonds. The highest BCUT2D eigenvalue weighted by Crippen LogP contribution is 2.38. The van der Waals surface area contributed by atoms with Gasteiger partial charge < -0.3 is 19.5 Å². The standard InChI is InChI=1S/C22H24ClNO4/c1-15-3-5-17(6-4-15)22(26)7-8-24(14-22)20(25)13-16-11-18(23)21-19(12-16)27-9-2-10-28-21/h3-6,11-12,26H,2,7-10,13-14H2,1H3. The van der Waals surface area contributed by atoms with Gasteiger partial charge in [0.25, 0.3) is 0 Å². The minimum atomic E-state index is -0.994. The van der Waals surface area contributed by atoms with Gasteiger partial charge in [0.1, 0.15) is 5.60 Å². The topological polar surface area (TPSA) is 59.0 Å². The maximum absolute atomic E-state index is 12.8. The molecule has 2 aromatic rings. The number of benzene rings is 2. The highest BCUT2D eigenvalue weighted by molar-refractivity contribution is 6.32. The number of fused-ring (bicyclic) bond motifs is 1. The van der Waals surface area contributed by atoms with Crippen LogP contribution in [0.15, 0.2) is 36.4 Å². The van der Waals surface area contributed by atoms with E-state index in [1.165, 1.54) is 0 Å². The van der Waals surface area contributed by atoms with Gasteiger partial charge in [-0.1, -0.05) is 41.4 Å². The monoisotopic (exact) mass is 401 g/mol. The molecule has 0 radical (unpaired) electrons. The first-order chi connectivity index (χ1) is 13.4. The number of likely N-dealkylation sites (tertiary alicyclic amines) is 1. The maximum Gasteiger partial charge on any atom is 0.227 e. The number of amides is 1. The fourth-order valence-corrected chi connectivity index (χ4v) is 4.07. The van der Waals surface area contributed by atoms with E-state index in [-0.39, 0.29) is 12.3 Å². The number of hydrogen-bond donors (Lipinski definition) is 1. The number of carbonyl (C=O) groups excluding carboxylic acids is 1. The van der Waals surface area contributed by atoms with E-state index in [0.29, 0.717) is 49.2 Å². The van der Waals surface area contributed by atoms with Crippen molar-refractivity contribution >= 4 is 17.5 Å². The summed E-state index contributed by atoms with van der Waals surface area (Å²) in [4.78, 5) is 14.6. The Morgan fingerprint density at radius 1 is 1.21 bits per heavy atom. The van der Waals surface area contributed by atoms with Gasteiger partial charge in [0, 0.05) is 13.0 Å². The lowest BCUT2D eigenvalue weighted by atomic mass is 9.92. The number of nitrogens with zero attached hydrogens (tertiary/aromatic N) is 1. The maximum atomic E-state index is 12.8. The van der Waals surface area contributed by atoms with Crippen molar-refractivity contribution in [2.45, 2.75) is 31.8 Å². The van der Waals surface area contributed by atoms with E-state index in [1.807, 2.05) is 37.3 Å². The Morgan fingerprint density at radius 3 is 2.75 bits per heavy atom. The normalized spacial score (nSPS) is 21.5. The molecule has 1 N–H and O–H groups in total. The van der Waals surface area contributed by atoms with E-state index < -0.39 is 5.60 Å². The zero-order chi connectivity index (χ0) is 19.7. The molecule has 148 valence electrons. The molecule has 2 aliphatic rings. The summed E-state index contributed by atoms with van der Waals surface area (Å²) < 4.78 is 11.3. The van der Waals surface area contributed by atoms with Crippen LogP contribution in [0.1, 0.15) is 29.5 Å². The number of rotatable bonds is 3. The van der Waals surface area contributed by atoms with E-state index in [4.69, 9.17) is 21.1 Å². The van der Waals surface area contributed by atoms with Crippen molar-refractivity contribution in [2.24, 2.45) is 0 Å². The van der Waals surface area contributed by atoms with Gasteiger partial charge in [0.15, 0.2) is 11.5 Å². The summed E-state index contributed by atoms with van der Waals surface area (Å²) in [6, 6.07) is 11.4. The van der Waals surface area contributed by atoms with E-state index in [9.17, 15) is 9.90 Å². The predicted octanol–water partition coefficient (Wildman–Crippen LogP) is 3.47. The minimum Gasteiger partial charge on any atom is -0.489 e. The zero-order valence-corrected chi connectivity index (χ0v) is 16.7. The fourth-order valence-electron chi connectivity index (χ4n) is 3.78. The summed E-state index contributed by atoms with van der Waals surface area (Å²) in [7, 11) is 0. The molecule has 2 aliphatic heterocycles. The number of aryl methyl sites for hydroxylation is 1. The lowest BCUT2D eigenvalue weighted by Crippen LogP contribution is -2.35. The van der Waals surface area contributed by atoms with Gasteiger partial charge >= 0.3 is 0 Å². The molecule has 5 nitrogen and oxygen atoms in total. The van der Waals surface area contributed by atoms with Crippen LogP contribution in [0.25, 0.3) is 0 Å². The van der Waals surface area contributed by atoms with E-state index in [0.717, 1.165) is 23.1 Å². The van der Waals surface area contributed by atoms with Crippen LogP contribution in [0.4, 0.5) is 0 Å². The Morgan fingerprint density at radius 2 is 1.96 bits per heavy atom. The average molecular weight is 402 g/mol. The van der Waals surface area contributed by atoms with Crippen molar-refractivity contribution in [3.63, 3.8) is 0 Å². The molecular weight excluding hydrogens is 378 g/mol. The van der Waals surface area contributed by atoms with Crippen LogP contribution in [0.3, 0.4) is 0 Å². The fraction of sp³-hybridized carbons (Fsp3) is 0.409. The van der Waals surface area contributed by atoms with Crippen LogP contribution in [0, 0.1) is 6.92 Å². The van der Waals surface area contributed by atoms with Crippen LogP contribution >= 0.6 is 11.6 Å². The third kappa shape index (κ3) is 3.82. The van der Waals surface area contributed by atoms with E-state index >= 15 is 0 Å². The van der Waals surface area contributed by atoms with Crippen molar-refractivity contribution < 1.29 is 19.4 Å². The first kappa shape index (κ1) is 19.1. The third-order valence-corrected chi connectivity index (χ3v) is 5.69. The second-order valence-corrected chi connectivity index (χ2v) is 8.00. The number of halogens is 1. The molecule has 0 bridgehead atoms. The molecule has 2 heterocycles. The molecule has 0 aromatic heterocycles. The smallest absolute Gasteiger partial charge is 0.227 e. The minimum absolute atomic E-state index is 0.0337. The highest BCUT2D eigenvalue weighted by atomic mass is 35.5. The summed E-state index contributed by atoms with van der Waals surface area (Å²) >= 11 is 6.33. The van der Waals surface area contributed by atoms with Crippen molar-refractivity contribution in [3.8, 4) is 11.5 Å². The molecule has 0 saturated carbocycles. The molecule has 1 atom stereocenters. The highest BCUT2D eigenvalue weighted by Gasteiger charge is 2.39. The lowest BCUT2D eigenvalue weighted by molar-refractivity contribution is -0.130. The second-order valence-electron chi connectivity index (χ2n) is 7.60. The summed E-state index contributed by atoms with van der Waals surface area (Å²) in [6.07, 6.45) is 1.54. The quantitative estimate of drug-likeness (QED) is 0.855. The average Bonchev–Trinajstić information content (AvgIpc) is 2.92. The van der Waals surface area contributed by atoms with E-state index in [1.54, 1.807) is 11.0 Å². The van der Waals surface area contributed by atoms with Crippen molar-refractivity contribution in [2.75, 3.05) is 26.3 Å². The number of β-amino-alcohol motifs (C(OH)–C–C–N with tert-alkyl or cyclic N) is 1. The van der Waals surface area contributed by atoms with Gasteiger partial charge in [0.05, 0.1) is 31.2 Å². The molecule has 28 heavy (non-hydrogen) atoms. The predicted molar refractivity (Wildman–Crippen MR) is 107 cm³/mol. The van der Waals surface area contributed by atoms with Crippen LogP contribution in [0.2, 0.25) is 5.02 Å². The molecule has 0 aliphatic carbocycles. The summed E-state index contributed by atoms with van der Waals surface area (Å²) in [5.74, 6) is 1.10. The number of ether oxygens (including phenoxy) is 2. The Bertz CT molecular complexity index is 883. The number of hydrogen-bond acceptors (Lipinski definition) is 4. The number of carbonyl (C=O) groups is 1. The summed E-state index contributed by atoms with van der Waals surface area (Å²) in [5.41, 5.74) is 1.78. The SMILES string of the molecule is Cc1ccc(C2(O)CCN(C(=O)Cc3cc(Cl)c4c(c3)OCCCO4)C2)cc1. The van der Waals surface area contributed by atoms with Crippen molar-refractivity contribution in [1.82, 2.24) is 4.90 Å². The van der Waals surface area contributed by atoms with Gasteiger partial charge in [-0.05, 0) is 36.6 Å². The van der Waals surface area contributed by atoms with Crippen LogP contribution < -0.4 is 9.47 Å². The van der Waals surface area contributed by atoms with Gasteiger partial charge in [0.2, 0.25) is 5.91 Å². The molecule has 0 spiro atoms. The van der Waals surface area contributed by atoms with Gasteiger partial charge in [-0.3, -0.25) is 4.79 Å². The zero-order valence-electron chi connectivity index (χ0n) is 15.9. The molecule has 2 aromatic carbocycles. The Kier molecular flexibility index (Phi) is 5.21. The molecular formula is C22H24ClNO4. The molecule has 1 unspecified atom stereocenters. The third-order valence-electron chi connectivity index (χ3n) is 5.41. The Balaban J connectivity index is 1.47. The van der Waals surface area contributed by atoms with Crippen LogP contribution in [-0.2, 0) is 16.8 Å². The van der Waals surface area contributed by atoms with Crippen LogP contribution in [0.5, 0.6) is 11.5 Å². The first-order valence-corrected chi connectivity index (χ1v) is 9.98. The van der Waals surface area contributed by atoms with Gasteiger partial charge in [-0.2, -0.15) is 0 Å². The van der Waals surface area contributed by atoms with Gasteiger partial charge in [-0.15, -0.1) is 0 Å². The molecule has 6 heteroatoms. The van der Waals surface area contributed by atoms with Crippen molar-refractivity contribution in [1.29, 1.82) is 0 Å².